The van der Waals surface area contributed by atoms with Crippen molar-refractivity contribution in [2.75, 3.05) is 26.2 Å². The third-order valence-corrected chi connectivity index (χ3v) is 7.05. The Bertz CT molecular complexity index is 1360. The fourth-order valence-corrected chi connectivity index (χ4v) is 5.09. The van der Waals surface area contributed by atoms with E-state index >= 15 is 0 Å². The van der Waals surface area contributed by atoms with Gasteiger partial charge in [-0.25, -0.2) is 9.38 Å². The summed E-state index contributed by atoms with van der Waals surface area (Å²) in [6, 6.07) is 22.4. The standard InChI is InChI=1S/C29H28FN5O3/c1-20(36)33-12-14-34(15-13-33)26(37)22-16-21(17-25(30)18-22)19-35-27(38)29(32-28(35)31,23-8-4-2-5-9-23)24-10-6-3-7-11-24/h2-11,16-18H,12-15,19H2,1H3,(H2,31,32). The van der Waals surface area contributed by atoms with Gasteiger partial charge in [0.05, 0.1) is 6.54 Å². The number of guanidine groups is 1. The highest BCUT2D eigenvalue weighted by Crippen LogP contribution is 2.40. The lowest BCUT2D eigenvalue weighted by atomic mass is 9.83. The quantitative estimate of drug-likeness (QED) is 0.567. The topological polar surface area (TPSA) is 99.3 Å². The molecule has 3 amide bonds. The van der Waals surface area contributed by atoms with Gasteiger partial charge >= 0.3 is 0 Å². The monoisotopic (exact) mass is 513 g/mol. The van der Waals surface area contributed by atoms with Crippen LogP contribution in [0.1, 0.15) is 34.0 Å². The average Bonchev–Trinajstić information content (AvgIpc) is 3.19. The summed E-state index contributed by atoms with van der Waals surface area (Å²) in [5.41, 5.74) is 6.87. The Labute approximate surface area is 220 Å². The van der Waals surface area contributed by atoms with Crippen LogP contribution in [-0.4, -0.2) is 64.6 Å². The van der Waals surface area contributed by atoms with E-state index < -0.39 is 11.4 Å². The van der Waals surface area contributed by atoms with E-state index in [4.69, 9.17) is 5.73 Å². The fraction of sp³-hybridized carbons (Fsp3) is 0.241. The minimum Gasteiger partial charge on any atom is -0.369 e. The molecule has 0 bridgehead atoms. The first-order chi connectivity index (χ1) is 18.3. The maximum Gasteiger partial charge on any atom is 0.266 e. The predicted molar refractivity (Wildman–Crippen MR) is 140 cm³/mol. The summed E-state index contributed by atoms with van der Waals surface area (Å²) in [5.74, 6) is -1.30. The van der Waals surface area contributed by atoms with Gasteiger partial charge in [-0.15, -0.1) is 0 Å². The molecule has 2 aliphatic rings. The molecule has 0 spiro atoms. The molecule has 0 saturated carbocycles. The summed E-state index contributed by atoms with van der Waals surface area (Å²) in [7, 11) is 0. The van der Waals surface area contributed by atoms with E-state index in [-0.39, 0.29) is 35.8 Å². The number of aliphatic imine (C=N–C) groups is 1. The minimum atomic E-state index is -1.37. The first kappa shape index (κ1) is 25.1. The number of hydrogen-bond donors (Lipinski definition) is 1. The summed E-state index contributed by atoms with van der Waals surface area (Å²) in [6.07, 6.45) is 0. The molecule has 38 heavy (non-hydrogen) atoms. The van der Waals surface area contributed by atoms with E-state index in [1.54, 1.807) is 15.9 Å². The van der Waals surface area contributed by atoms with Gasteiger partial charge in [0.15, 0.2) is 11.5 Å². The van der Waals surface area contributed by atoms with Gasteiger partial charge in [-0.05, 0) is 34.9 Å². The van der Waals surface area contributed by atoms with E-state index in [1.165, 1.54) is 24.0 Å². The first-order valence-electron chi connectivity index (χ1n) is 12.4. The van der Waals surface area contributed by atoms with Gasteiger partial charge in [0.1, 0.15) is 5.82 Å². The number of nitrogens with zero attached hydrogens (tertiary/aromatic N) is 4. The first-order valence-corrected chi connectivity index (χ1v) is 12.4. The Morgan fingerprint density at radius 3 is 2.00 bits per heavy atom. The summed E-state index contributed by atoms with van der Waals surface area (Å²) >= 11 is 0. The number of rotatable bonds is 5. The molecule has 3 aromatic carbocycles. The molecule has 5 rings (SSSR count). The molecule has 3 aromatic rings. The van der Waals surface area contributed by atoms with E-state index in [1.807, 2.05) is 60.7 Å². The maximum absolute atomic E-state index is 14.7. The van der Waals surface area contributed by atoms with E-state index in [2.05, 4.69) is 4.99 Å². The molecule has 0 aromatic heterocycles. The Kier molecular flexibility index (Phi) is 6.67. The maximum atomic E-state index is 14.7. The molecule has 9 heteroatoms. The van der Waals surface area contributed by atoms with Crippen molar-refractivity contribution in [3.8, 4) is 0 Å². The highest BCUT2D eigenvalue weighted by atomic mass is 19.1. The summed E-state index contributed by atoms with van der Waals surface area (Å²) in [6.45, 7) is 3.04. The molecule has 0 atom stereocenters. The molecule has 194 valence electrons. The second kappa shape index (κ2) is 10.1. The molecule has 1 fully saturated rings. The van der Waals surface area contributed by atoms with Gasteiger partial charge in [-0.1, -0.05) is 60.7 Å². The number of amides is 3. The van der Waals surface area contributed by atoms with Crippen LogP contribution in [0.3, 0.4) is 0 Å². The van der Waals surface area contributed by atoms with Crippen molar-refractivity contribution in [2.24, 2.45) is 10.7 Å². The summed E-state index contributed by atoms with van der Waals surface area (Å²) < 4.78 is 14.7. The molecule has 8 nitrogen and oxygen atoms in total. The van der Waals surface area contributed by atoms with Crippen LogP contribution in [0.15, 0.2) is 83.9 Å². The van der Waals surface area contributed by atoms with Crippen LogP contribution < -0.4 is 5.73 Å². The predicted octanol–water partition coefficient (Wildman–Crippen LogP) is 2.73. The van der Waals surface area contributed by atoms with Crippen molar-refractivity contribution in [1.29, 1.82) is 0 Å². The number of halogens is 1. The Morgan fingerprint density at radius 2 is 1.45 bits per heavy atom. The van der Waals surface area contributed by atoms with Gasteiger partial charge < -0.3 is 15.5 Å². The van der Waals surface area contributed by atoms with Crippen molar-refractivity contribution >= 4 is 23.7 Å². The van der Waals surface area contributed by atoms with Gasteiger partial charge in [-0.3, -0.25) is 19.3 Å². The lowest BCUT2D eigenvalue weighted by Gasteiger charge is -2.34. The Morgan fingerprint density at radius 1 is 0.895 bits per heavy atom. The van der Waals surface area contributed by atoms with E-state index in [0.717, 1.165) is 0 Å². The second-order valence-corrected chi connectivity index (χ2v) is 9.45. The number of nitrogens with two attached hydrogens (primary N) is 1. The molecule has 2 N–H and O–H groups in total. The van der Waals surface area contributed by atoms with Crippen LogP contribution in [0.25, 0.3) is 0 Å². The molecule has 0 unspecified atom stereocenters. The minimum absolute atomic E-state index is 0.0141. The van der Waals surface area contributed by atoms with Crippen LogP contribution in [0.2, 0.25) is 0 Å². The van der Waals surface area contributed by atoms with Crippen LogP contribution in [0.4, 0.5) is 4.39 Å². The van der Waals surface area contributed by atoms with Crippen LogP contribution >= 0.6 is 0 Å². The zero-order chi connectivity index (χ0) is 26.9. The van der Waals surface area contributed by atoms with Crippen LogP contribution in [0.5, 0.6) is 0 Å². The van der Waals surface area contributed by atoms with E-state index in [9.17, 15) is 18.8 Å². The molecule has 0 aliphatic carbocycles. The highest BCUT2D eigenvalue weighted by molar-refractivity contribution is 6.09. The zero-order valence-corrected chi connectivity index (χ0v) is 21.0. The number of benzene rings is 3. The largest absolute Gasteiger partial charge is 0.369 e. The van der Waals surface area contributed by atoms with Crippen molar-refractivity contribution in [3.05, 3.63) is 107 Å². The van der Waals surface area contributed by atoms with Crippen LogP contribution in [-0.2, 0) is 21.7 Å². The molecule has 1 saturated heterocycles. The number of carbonyl (C=O) groups excluding carboxylic acids is 3. The highest BCUT2D eigenvalue weighted by Gasteiger charge is 2.50. The van der Waals surface area contributed by atoms with Crippen molar-refractivity contribution in [3.63, 3.8) is 0 Å². The van der Waals surface area contributed by atoms with Gasteiger partial charge in [0, 0.05) is 38.7 Å². The Hall–Kier alpha value is -4.53. The Balaban J connectivity index is 1.42. The molecule has 2 aliphatic heterocycles. The SMILES string of the molecule is CC(=O)N1CCN(C(=O)c2cc(F)cc(CN3C(=O)C(c4ccccc4)(c4ccccc4)N=C3N)c2)CC1. The van der Waals surface area contributed by atoms with E-state index in [0.29, 0.717) is 42.9 Å². The lowest BCUT2D eigenvalue weighted by molar-refractivity contribution is -0.131. The molecule has 2 heterocycles. The van der Waals surface area contributed by atoms with Gasteiger partial charge in [0.2, 0.25) is 5.91 Å². The van der Waals surface area contributed by atoms with Gasteiger partial charge in [0.25, 0.3) is 11.8 Å². The normalized spacial score (nSPS) is 16.9. The lowest BCUT2D eigenvalue weighted by Crippen LogP contribution is -2.50. The van der Waals surface area contributed by atoms with Crippen molar-refractivity contribution in [1.82, 2.24) is 14.7 Å². The van der Waals surface area contributed by atoms with Crippen LogP contribution in [0, 0.1) is 5.82 Å². The van der Waals surface area contributed by atoms with Crippen molar-refractivity contribution in [2.45, 2.75) is 19.0 Å². The molecular weight excluding hydrogens is 485 g/mol. The zero-order valence-electron chi connectivity index (χ0n) is 21.0. The third kappa shape index (κ3) is 4.51. The number of hydrogen-bond acceptors (Lipinski definition) is 5. The third-order valence-electron chi connectivity index (χ3n) is 7.05. The molecular formula is C29H28FN5O3. The fourth-order valence-electron chi connectivity index (χ4n) is 5.09. The van der Waals surface area contributed by atoms with Crippen molar-refractivity contribution < 1.29 is 18.8 Å². The number of piperazine rings is 1. The summed E-state index contributed by atoms with van der Waals surface area (Å²) in [5, 5.41) is 0. The molecule has 0 radical (unpaired) electrons. The summed E-state index contributed by atoms with van der Waals surface area (Å²) in [4.78, 5) is 48.0. The average molecular weight is 514 g/mol. The second-order valence-electron chi connectivity index (χ2n) is 9.45. The number of carbonyl (C=O) groups is 3. The van der Waals surface area contributed by atoms with Gasteiger partial charge in [-0.2, -0.15) is 0 Å². The smallest absolute Gasteiger partial charge is 0.266 e.